The lowest BCUT2D eigenvalue weighted by Gasteiger charge is -2.07. The molecule has 4 aromatic rings. The predicted octanol–water partition coefficient (Wildman–Crippen LogP) is 4.96. The summed E-state index contributed by atoms with van der Waals surface area (Å²) in [6.07, 6.45) is 0. The zero-order valence-electron chi connectivity index (χ0n) is 18.6. The first-order valence-electron chi connectivity index (χ1n) is 10.4. The Morgan fingerprint density at radius 1 is 0.882 bits per heavy atom. The second-order valence-electron chi connectivity index (χ2n) is 7.49. The van der Waals surface area contributed by atoms with E-state index in [0.717, 1.165) is 16.9 Å². The van der Waals surface area contributed by atoms with Crippen LogP contribution >= 0.6 is 0 Å². The highest BCUT2D eigenvalue weighted by molar-refractivity contribution is 7.90. The van der Waals surface area contributed by atoms with Crippen molar-refractivity contribution in [3.05, 3.63) is 102 Å². The van der Waals surface area contributed by atoms with E-state index in [2.05, 4.69) is 0 Å². The summed E-state index contributed by atoms with van der Waals surface area (Å²) in [6, 6.07) is 24.8. The lowest BCUT2D eigenvalue weighted by molar-refractivity contribution is 0.0980. The van der Waals surface area contributed by atoms with E-state index >= 15 is 0 Å². The summed E-state index contributed by atoms with van der Waals surface area (Å²) in [5.74, 6) is 1.08. The number of aryl methyl sites for hydroxylation is 1. The highest BCUT2D eigenvalue weighted by atomic mass is 32.2. The van der Waals surface area contributed by atoms with E-state index in [1.54, 1.807) is 32.2 Å². The number of rotatable bonds is 8. The molecule has 4 rings (SSSR count). The fourth-order valence-corrected chi connectivity index (χ4v) is 4.27. The molecule has 0 spiro atoms. The highest BCUT2D eigenvalue weighted by Crippen LogP contribution is 2.26. The number of furan rings is 1. The van der Waals surface area contributed by atoms with Crippen LogP contribution in [0.4, 0.5) is 0 Å². The van der Waals surface area contributed by atoms with Crippen LogP contribution in [-0.4, -0.2) is 21.4 Å². The fourth-order valence-electron chi connectivity index (χ4n) is 3.27. The molecule has 0 radical (unpaired) electrons. The first-order chi connectivity index (χ1) is 16.4. The van der Waals surface area contributed by atoms with Gasteiger partial charge < -0.3 is 13.9 Å². The predicted molar refractivity (Wildman–Crippen MR) is 127 cm³/mol. The molecule has 0 aliphatic rings. The van der Waals surface area contributed by atoms with Crippen molar-refractivity contribution < 1.29 is 27.1 Å². The van der Waals surface area contributed by atoms with Crippen LogP contribution in [0.3, 0.4) is 0 Å². The Kier molecular flexibility index (Phi) is 6.70. The van der Waals surface area contributed by atoms with Crippen LogP contribution < -0.4 is 14.2 Å². The van der Waals surface area contributed by atoms with Crippen molar-refractivity contribution in [2.24, 2.45) is 0 Å². The molecule has 0 saturated carbocycles. The van der Waals surface area contributed by atoms with Gasteiger partial charge in [0.05, 0.1) is 7.11 Å². The van der Waals surface area contributed by atoms with Crippen LogP contribution in [0, 0.1) is 6.92 Å². The molecule has 0 aliphatic heterocycles. The number of amides is 1. The van der Waals surface area contributed by atoms with Gasteiger partial charge in [-0.25, -0.2) is 4.72 Å². The lowest BCUT2D eigenvalue weighted by atomic mass is 10.1. The van der Waals surface area contributed by atoms with E-state index in [0.29, 0.717) is 17.1 Å². The smallest absolute Gasteiger partial charge is 0.297 e. The SMILES string of the molecule is COc1ccc(-c2ccc(OCc3cc(S(=O)(=O)NC(=O)c4ccccc4)oc3C)cc2)cc1. The number of ether oxygens (including phenoxy) is 2. The molecule has 0 unspecified atom stereocenters. The summed E-state index contributed by atoms with van der Waals surface area (Å²) < 4.78 is 43.6. The monoisotopic (exact) mass is 477 g/mol. The van der Waals surface area contributed by atoms with E-state index in [1.807, 2.05) is 53.3 Å². The quantitative estimate of drug-likeness (QED) is 0.385. The molecule has 1 N–H and O–H groups in total. The van der Waals surface area contributed by atoms with Crippen molar-refractivity contribution in [3.8, 4) is 22.6 Å². The van der Waals surface area contributed by atoms with Crippen molar-refractivity contribution >= 4 is 15.9 Å². The summed E-state index contributed by atoms with van der Waals surface area (Å²) in [5, 5.41) is -0.345. The molecule has 34 heavy (non-hydrogen) atoms. The number of sulfonamides is 1. The largest absolute Gasteiger partial charge is 0.497 e. The fraction of sp³-hybridized carbons (Fsp3) is 0.115. The average molecular weight is 478 g/mol. The standard InChI is InChI=1S/C26H23NO6S/c1-18-22(16-25(33-18)34(29,30)27-26(28)21-6-4-3-5-7-21)17-32-24-14-10-20(11-15-24)19-8-12-23(31-2)13-9-19/h3-16H,17H2,1-2H3,(H,27,28). The molecular weight excluding hydrogens is 454 g/mol. The van der Waals surface area contributed by atoms with Crippen LogP contribution in [0.1, 0.15) is 21.7 Å². The lowest BCUT2D eigenvalue weighted by Crippen LogP contribution is -2.30. The van der Waals surface area contributed by atoms with Crippen molar-refractivity contribution in [2.45, 2.75) is 18.6 Å². The molecule has 0 fully saturated rings. The van der Waals surface area contributed by atoms with Crippen LogP contribution in [-0.2, 0) is 16.6 Å². The number of carbonyl (C=O) groups is 1. The number of nitrogens with one attached hydrogen (secondary N) is 1. The third kappa shape index (κ3) is 5.29. The molecular formula is C26H23NO6S. The van der Waals surface area contributed by atoms with Gasteiger partial charge in [0.15, 0.2) is 0 Å². The molecule has 3 aromatic carbocycles. The Bertz CT molecular complexity index is 1380. The highest BCUT2D eigenvalue weighted by Gasteiger charge is 2.24. The summed E-state index contributed by atoms with van der Waals surface area (Å²) in [5.41, 5.74) is 2.87. The second-order valence-corrected chi connectivity index (χ2v) is 9.10. The maximum Gasteiger partial charge on any atom is 0.297 e. The van der Waals surface area contributed by atoms with Crippen LogP contribution in [0.25, 0.3) is 11.1 Å². The zero-order valence-corrected chi connectivity index (χ0v) is 19.5. The molecule has 0 bridgehead atoms. The summed E-state index contributed by atoms with van der Waals surface area (Å²) >= 11 is 0. The molecule has 8 heteroatoms. The third-order valence-corrected chi connectivity index (χ3v) is 6.38. The van der Waals surface area contributed by atoms with Gasteiger partial charge in [0.2, 0.25) is 5.09 Å². The Morgan fingerprint density at radius 2 is 1.47 bits per heavy atom. The van der Waals surface area contributed by atoms with Gasteiger partial charge >= 0.3 is 0 Å². The van der Waals surface area contributed by atoms with E-state index in [9.17, 15) is 13.2 Å². The minimum Gasteiger partial charge on any atom is -0.497 e. The molecule has 0 atom stereocenters. The molecule has 1 amide bonds. The van der Waals surface area contributed by atoms with Gasteiger partial charge in [0.1, 0.15) is 23.9 Å². The molecule has 7 nitrogen and oxygen atoms in total. The Balaban J connectivity index is 1.41. The van der Waals surface area contributed by atoms with E-state index in [-0.39, 0.29) is 17.3 Å². The van der Waals surface area contributed by atoms with Gasteiger partial charge in [-0.15, -0.1) is 0 Å². The average Bonchev–Trinajstić information content (AvgIpc) is 3.25. The number of hydrogen-bond donors (Lipinski definition) is 1. The maximum atomic E-state index is 12.6. The number of hydrogen-bond acceptors (Lipinski definition) is 6. The normalized spacial score (nSPS) is 11.1. The Morgan fingerprint density at radius 3 is 2.06 bits per heavy atom. The first-order valence-corrected chi connectivity index (χ1v) is 11.9. The molecule has 0 saturated heterocycles. The van der Waals surface area contributed by atoms with Crippen LogP contribution in [0.2, 0.25) is 0 Å². The van der Waals surface area contributed by atoms with Gasteiger partial charge in [-0.2, -0.15) is 8.42 Å². The number of methoxy groups -OCH3 is 1. The van der Waals surface area contributed by atoms with Crippen molar-refractivity contribution in [2.75, 3.05) is 7.11 Å². The summed E-state index contributed by atoms with van der Waals surface area (Å²) in [7, 11) is -2.54. The molecule has 174 valence electrons. The summed E-state index contributed by atoms with van der Waals surface area (Å²) in [6.45, 7) is 1.75. The van der Waals surface area contributed by atoms with Crippen molar-refractivity contribution in [3.63, 3.8) is 0 Å². The van der Waals surface area contributed by atoms with Crippen molar-refractivity contribution in [1.82, 2.24) is 4.72 Å². The zero-order chi connectivity index (χ0) is 24.1. The second kappa shape index (κ2) is 9.84. The van der Waals surface area contributed by atoms with E-state index in [1.165, 1.54) is 18.2 Å². The first kappa shape index (κ1) is 23.1. The minimum atomic E-state index is -4.16. The topological polar surface area (TPSA) is 94.8 Å². The van der Waals surface area contributed by atoms with Crippen molar-refractivity contribution in [1.29, 1.82) is 0 Å². The number of carbonyl (C=O) groups excluding carboxylic acids is 1. The molecule has 1 heterocycles. The van der Waals surface area contributed by atoms with Gasteiger partial charge in [-0.1, -0.05) is 42.5 Å². The molecule has 0 aliphatic carbocycles. The number of benzene rings is 3. The van der Waals surface area contributed by atoms with Gasteiger partial charge in [0.25, 0.3) is 15.9 Å². The molecule has 1 aromatic heterocycles. The Labute approximate surface area is 198 Å². The Hall–Kier alpha value is -4.04. The van der Waals surface area contributed by atoms with E-state index < -0.39 is 15.9 Å². The van der Waals surface area contributed by atoms with Crippen LogP contribution in [0.15, 0.2) is 94.4 Å². The van der Waals surface area contributed by atoms with E-state index in [4.69, 9.17) is 13.9 Å². The van der Waals surface area contributed by atoms with Gasteiger partial charge in [-0.3, -0.25) is 4.79 Å². The summed E-state index contributed by atoms with van der Waals surface area (Å²) in [4.78, 5) is 12.2. The van der Waals surface area contributed by atoms with Gasteiger partial charge in [-0.05, 0) is 54.4 Å². The third-order valence-electron chi connectivity index (χ3n) is 5.20. The minimum absolute atomic E-state index is 0.110. The van der Waals surface area contributed by atoms with Crippen LogP contribution in [0.5, 0.6) is 11.5 Å². The van der Waals surface area contributed by atoms with Gasteiger partial charge in [0, 0.05) is 17.2 Å². The maximum absolute atomic E-state index is 12.6.